The van der Waals surface area contributed by atoms with E-state index >= 15 is 0 Å². The Morgan fingerprint density at radius 3 is 1.17 bits per heavy atom. The van der Waals surface area contributed by atoms with Crippen molar-refractivity contribution in [2.75, 3.05) is 58.0 Å². The third-order valence-corrected chi connectivity index (χ3v) is 27.9. The van der Waals surface area contributed by atoms with Crippen molar-refractivity contribution in [1.82, 2.24) is 9.80 Å². The molecule has 706 valence electrons. The maximum absolute atomic E-state index is 14.6. The van der Waals surface area contributed by atoms with Gasteiger partial charge in [-0.15, -0.1) is 0 Å². The van der Waals surface area contributed by atoms with Gasteiger partial charge < -0.3 is 89.3 Å². The number of phenols is 4. The summed E-state index contributed by atoms with van der Waals surface area (Å²) >= 11 is 0. The highest BCUT2D eigenvalue weighted by atomic mass is 16.7. The zero-order valence-electron chi connectivity index (χ0n) is 80.3. The Kier molecular flexibility index (Phi) is 32.5. The summed E-state index contributed by atoms with van der Waals surface area (Å²) in [6, 6.07) is 0. The van der Waals surface area contributed by atoms with Crippen molar-refractivity contribution in [3.8, 4) is 34.5 Å². The number of nitrogens with zero attached hydrogens (tertiary/aromatic N) is 6. The van der Waals surface area contributed by atoms with E-state index in [1.807, 2.05) is 87.7 Å². The van der Waals surface area contributed by atoms with E-state index in [0.717, 1.165) is 26.2 Å². The number of phenolic OH excluding ortho intramolecular Hbond substituents is 4. The highest BCUT2D eigenvalue weighted by Crippen LogP contribution is 2.54. The number of esters is 4. The lowest BCUT2D eigenvalue weighted by Gasteiger charge is -2.38. The first-order valence-electron chi connectivity index (χ1n) is 45.2. The van der Waals surface area contributed by atoms with Gasteiger partial charge in [0.05, 0.1) is 89.0 Å². The molecule has 30 nitrogen and oxygen atoms in total. The average Bonchev–Trinajstić information content (AvgIpc) is 1.55. The van der Waals surface area contributed by atoms with Gasteiger partial charge in [-0.05, 0) is 101 Å². The molecular formula is C99H138N8O22. The van der Waals surface area contributed by atoms with E-state index in [-0.39, 0.29) is 188 Å². The quantitative estimate of drug-likeness (QED) is 0.0396. The number of aliphatic hydroxyl groups is 3. The Bertz CT molecular complexity index is 5460. The van der Waals surface area contributed by atoms with Crippen molar-refractivity contribution in [2.24, 2.45) is 109 Å². The third kappa shape index (κ3) is 21.3. The van der Waals surface area contributed by atoms with Crippen LogP contribution in [-0.2, 0) is 52.5 Å². The molecule has 2 amide bonds. The number of carbonyl (C=O) groups is 8. The van der Waals surface area contributed by atoms with E-state index in [4.69, 9.17) is 33.7 Å². The van der Waals surface area contributed by atoms with E-state index in [1.54, 1.807) is 99.6 Å². The number of allylic oxidation sites excluding steroid dienone is 6. The molecule has 0 radical (unpaired) electrons. The van der Waals surface area contributed by atoms with Gasteiger partial charge in [0, 0.05) is 129 Å². The minimum absolute atomic E-state index is 0.00463. The molecule has 0 unspecified atom stereocenters. The lowest BCUT2D eigenvalue weighted by atomic mass is 9.72. The van der Waals surface area contributed by atoms with E-state index in [0.29, 0.717) is 37.1 Å². The summed E-state index contributed by atoms with van der Waals surface area (Å²) in [5, 5.41) is 89.6. The zero-order valence-corrected chi connectivity index (χ0v) is 80.3. The number of aromatic hydroxyl groups is 4. The molecule has 18 atom stereocenters. The average molecular weight is 1790 g/mol. The van der Waals surface area contributed by atoms with Crippen LogP contribution in [0.25, 0.3) is 21.5 Å². The molecule has 0 aromatic heterocycles. The first-order valence-corrected chi connectivity index (χ1v) is 45.2. The van der Waals surface area contributed by atoms with Gasteiger partial charge >= 0.3 is 35.5 Å². The van der Waals surface area contributed by atoms with Crippen LogP contribution in [0, 0.1) is 103 Å². The third-order valence-electron chi connectivity index (χ3n) is 27.9. The molecule has 30 heteroatoms. The summed E-state index contributed by atoms with van der Waals surface area (Å²) in [5.74, 6) is -11.2. The number of benzene rings is 4. The summed E-state index contributed by atoms with van der Waals surface area (Å²) in [5.41, 5.74) is 0.331. The molecule has 129 heavy (non-hydrogen) atoms. The number of aliphatic hydroxyl groups excluding tert-OH is 3. The number of carbonyl (C=O) groups excluding carboxylic acids is 8. The smallest absolute Gasteiger partial charge is 0.316 e. The fraction of sp³-hybridized carbons (Fsp3) is 0.596. The van der Waals surface area contributed by atoms with Crippen LogP contribution in [0.2, 0.25) is 0 Å². The summed E-state index contributed by atoms with van der Waals surface area (Å²) in [4.78, 5) is 124. The molecule has 10 aliphatic rings. The van der Waals surface area contributed by atoms with Crippen molar-refractivity contribution >= 4 is 80.2 Å². The standard InChI is InChI=1S/C46H62N4O9.C42H56N4O8.C6H10O3.C5H10O2/c1-22(2)44(56)58-40-24(4)14-13-15-25(5)43(55)47-36-35-34(48-46(49-35)17-19-50(12)20-18-46)31-32(39(36)53)38(52)30(10)41-33(31)42(54)45(11,59-41)57-21-16-23(3)26(6)27(7)28(8)37(51)29(40)9;1-20-14-19-53-41(9)39(51)30-28-29(36(49)27(8)38(30)54-41)37(50)33(32-31(28)44-42(45-32)15-17-46(10)18-16-42)43-40(52)22(3)13-11-12-21(2)34(47)26(7)35(48)25(6)24(5)23(20)4;1-4(2)6(8)9-5(3)7;1-4(2)5(6)7-3/h13-16,21-24,26-29,37,40,48,51-53H,17-20H2,1-12H3;11-14,19-21,23-26,34-35,44,47-50H,15-18H2,1-10H3;4H,1-3H3;4H,1-3H3/b14-13+,21-16+,25-15-,47-36?;12-11+,19-14+,22-13-,43-33?;;/t23-,24-,26+,27+,28-,29-,37-,40-,45-;20-,21-,23+,24+,25-,26+,34-,35-,41-;;/m00../s1. The summed E-state index contributed by atoms with van der Waals surface area (Å²) in [6.45, 7) is 48.0. The molecule has 14 rings (SSSR count). The van der Waals surface area contributed by atoms with Crippen molar-refractivity contribution in [3.05, 3.63) is 116 Å². The molecule has 0 saturated carbocycles. The van der Waals surface area contributed by atoms with E-state index in [9.17, 15) is 74.1 Å². The van der Waals surface area contributed by atoms with Crippen molar-refractivity contribution < 1.29 is 107 Å². The van der Waals surface area contributed by atoms with Gasteiger partial charge in [-0.2, -0.15) is 0 Å². The number of methoxy groups -OCH3 is 1. The van der Waals surface area contributed by atoms with Crippen LogP contribution < -0.4 is 41.5 Å². The molecule has 10 heterocycles. The van der Waals surface area contributed by atoms with Gasteiger partial charge in [0.2, 0.25) is 0 Å². The minimum atomic E-state index is -1.82. The fourth-order valence-electron chi connectivity index (χ4n) is 17.7. The maximum atomic E-state index is 14.6. The topological polar surface area (TPSA) is 423 Å². The second-order valence-corrected chi connectivity index (χ2v) is 38.4. The number of anilines is 2. The SMILES string of the molecule is C/C1=C/C=C/[C@H](C)[C@H](O)[C@@H](C)[C@@H](O)[C@@H](C)[C@H](C)[C@H](C)[C@@H](C)/C=C/O[C@@]2(C)Oc3c(C)c(O)c4c(O)c(c5c(c4c3C2=O)NC2(CCN(C)CC2)N=5)=NC1=O.C/C1=C/C=C/[C@H](C)[C@H](OC(=O)C(C)C)[C@@H](C)[C@@H](O)[C@@H](C)[C@H](C)[C@H](C)[C@@H](C)/C=C/O[C@@]2(C)Oc3c(C)c(O)c4c(O)c(c5c(c4c3C2=O)NC2(CCN(C)CC2)N=5)=NC1=O.CC(=O)OC(=O)C(C)C.COC(=O)C(C)C. The first-order chi connectivity index (χ1) is 60.2. The molecular weight excluding hydrogens is 1650 g/mol. The van der Waals surface area contributed by atoms with Crippen LogP contribution >= 0.6 is 0 Å². The van der Waals surface area contributed by atoms with Gasteiger partial charge in [-0.1, -0.05) is 161 Å². The Labute approximate surface area is 756 Å². The van der Waals surface area contributed by atoms with Crippen molar-refractivity contribution in [2.45, 2.75) is 246 Å². The highest BCUT2D eigenvalue weighted by Gasteiger charge is 2.53. The number of hydrogen-bond donors (Lipinski definition) is 9. The van der Waals surface area contributed by atoms with E-state index in [2.05, 4.69) is 67.6 Å². The van der Waals surface area contributed by atoms with Crippen LogP contribution in [-0.4, -0.2) is 188 Å². The Hall–Kier alpha value is -10.4. The van der Waals surface area contributed by atoms with Gasteiger partial charge in [0.25, 0.3) is 23.4 Å². The predicted molar refractivity (Wildman–Crippen MR) is 489 cm³/mol. The molecule has 2 saturated heterocycles. The van der Waals surface area contributed by atoms with E-state index < -0.39 is 106 Å². The number of rotatable bonds is 4. The molecule has 4 aromatic rings. The molecule has 9 N–H and O–H groups in total. The monoisotopic (exact) mass is 1790 g/mol. The second-order valence-electron chi connectivity index (χ2n) is 38.4. The second kappa shape index (κ2) is 40.9. The van der Waals surface area contributed by atoms with Gasteiger partial charge in [-0.3, -0.25) is 48.3 Å². The normalized spacial score (nSPS) is 31.2. The zero-order chi connectivity index (χ0) is 96.4. The number of ketones is 2. The Morgan fingerprint density at radius 1 is 0.465 bits per heavy atom. The fourth-order valence-corrected chi connectivity index (χ4v) is 17.7. The van der Waals surface area contributed by atoms with E-state index in [1.165, 1.54) is 40.4 Å². The van der Waals surface area contributed by atoms with Crippen LogP contribution in [0.4, 0.5) is 11.4 Å². The Balaban J connectivity index is 0.000000249. The van der Waals surface area contributed by atoms with Crippen molar-refractivity contribution in [1.29, 1.82) is 0 Å². The molecule has 2 spiro atoms. The number of nitrogens with one attached hydrogen (secondary N) is 2. The number of piperidine rings is 2. The van der Waals surface area contributed by atoms with Crippen LogP contribution in [0.1, 0.15) is 217 Å². The summed E-state index contributed by atoms with van der Waals surface area (Å²) in [6.07, 6.45) is 16.2. The predicted octanol–water partition coefficient (Wildman–Crippen LogP) is 12.9. The number of fused-ring (bicyclic) bond motifs is 26. The number of Topliss-reactive ketones (excluding diaryl/α,β-unsaturated/α-hetero) is 2. The number of amides is 2. The Morgan fingerprint density at radius 2 is 0.829 bits per heavy atom. The molecule has 2 fully saturated rings. The first kappa shape index (κ1) is 102. The van der Waals surface area contributed by atoms with Crippen LogP contribution in [0.3, 0.4) is 0 Å². The largest absolute Gasteiger partial charge is 0.507 e. The van der Waals surface area contributed by atoms with Gasteiger partial charge in [0.1, 0.15) is 61.9 Å². The summed E-state index contributed by atoms with van der Waals surface area (Å²) in [7, 11) is 5.44. The molecule has 0 aliphatic carbocycles. The maximum Gasteiger partial charge on any atom is 0.316 e. The van der Waals surface area contributed by atoms with Gasteiger partial charge in [0.15, 0.2) is 11.5 Å². The summed E-state index contributed by atoms with van der Waals surface area (Å²) < 4.78 is 39.5. The molecule has 10 aliphatic heterocycles. The minimum Gasteiger partial charge on any atom is -0.507 e. The number of likely N-dealkylation sites (tertiary alicyclic amines) is 2. The van der Waals surface area contributed by atoms with Crippen LogP contribution in [0.15, 0.2) is 92.2 Å². The molecule has 4 aromatic carbocycles. The molecule has 10 bridgehead atoms. The number of hydrogen-bond acceptors (Lipinski definition) is 28. The lowest BCUT2D eigenvalue weighted by Crippen LogP contribution is -2.45. The van der Waals surface area contributed by atoms with Crippen LogP contribution in [0.5, 0.6) is 34.5 Å². The lowest BCUT2D eigenvalue weighted by molar-refractivity contribution is -0.162. The van der Waals surface area contributed by atoms with Crippen molar-refractivity contribution in [3.63, 3.8) is 0 Å². The highest BCUT2D eigenvalue weighted by molar-refractivity contribution is 6.23. The number of ether oxygens (including phenoxy) is 7. The van der Waals surface area contributed by atoms with Gasteiger partial charge in [-0.25, -0.2) is 9.98 Å².